The van der Waals surface area contributed by atoms with Crippen LogP contribution in [0.15, 0.2) is 42.5 Å². The van der Waals surface area contributed by atoms with E-state index >= 15 is 0 Å². The predicted molar refractivity (Wildman–Crippen MR) is 93.4 cm³/mol. The van der Waals surface area contributed by atoms with E-state index in [1.54, 1.807) is 30.3 Å². The number of carbonyl (C=O) groups is 1. The minimum absolute atomic E-state index is 0.0744. The minimum Gasteiger partial charge on any atom is -0.508 e. The molecule has 1 aliphatic rings. The van der Waals surface area contributed by atoms with E-state index in [0.717, 1.165) is 30.8 Å². The lowest BCUT2D eigenvalue weighted by atomic mass is 10.0. The van der Waals surface area contributed by atoms with Gasteiger partial charge in [-0.2, -0.15) is 0 Å². The van der Waals surface area contributed by atoms with Crippen LogP contribution in [-0.2, 0) is 13.1 Å². The molecule has 1 fully saturated rings. The lowest BCUT2D eigenvalue weighted by Crippen LogP contribution is -2.58. The van der Waals surface area contributed by atoms with Gasteiger partial charge in [-0.25, -0.2) is 0 Å². The van der Waals surface area contributed by atoms with Crippen LogP contribution in [0.5, 0.6) is 5.75 Å². The van der Waals surface area contributed by atoms with Crippen LogP contribution in [0.1, 0.15) is 21.5 Å². The molecule has 1 heterocycles. The lowest BCUT2D eigenvalue weighted by Gasteiger charge is -2.39. The number of phenols is 1. The number of hydrogen-bond acceptors (Lipinski definition) is 5. The molecule has 0 aromatic heterocycles. The van der Waals surface area contributed by atoms with Gasteiger partial charge >= 0.3 is 0 Å². The standard InChI is InChI=1S/C18H22N4O2/c19-8-14-7-12(1-6-17(14)23)9-22-10-16(11-22)21-18(24)13-2-4-15(20)5-3-13/h1-7,16,23H,8-11,19-20H2,(H,21,24). The van der Waals surface area contributed by atoms with E-state index in [2.05, 4.69) is 10.2 Å². The van der Waals surface area contributed by atoms with Crippen molar-refractivity contribution in [3.05, 3.63) is 59.2 Å². The lowest BCUT2D eigenvalue weighted by molar-refractivity contribution is 0.0795. The molecule has 0 bridgehead atoms. The third kappa shape index (κ3) is 3.67. The summed E-state index contributed by atoms with van der Waals surface area (Å²) in [6.07, 6.45) is 0. The first-order valence-corrected chi connectivity index (χ1v) is 7.95. The van der Waals surface area contributed by atoms with E-state index in [-0.39, 0.29) is 17.7 Å². The maximum absolute atomic E-state index is 12.1. The Balaban J connectivity index is 1.49. The normalized spacial score (nSPS) is 15.0. The Bertz CT molecular complexity index is 724. The molecular weight excluding hydrogens is 304 g/mol. The number of nitrogen functional groups attached to an aromatic ring is 1. The molecule has 1 saturated heterocycles. The Morgan fingerprint density at radius 1 is 1.21 bits per heavy atom. The summed E-state index contributed by atoms with van der Waals surface area (Å²) in [5, 5.41) is 12.7. The average Bonchev–Trinajstić information content (AvgIpc) is 2.54. The molecule has 6 heteroatoms. The van der Waals surface area contributed by atoms with Crippen LogP contribution in [0.25, 0.3) is 0 Å². The second-order valence-electron chi connectivity index (χ2n) is 6.15. The topological polar surface area (TPSA) is 105 Å². The van der Waals surface area contributed by atoms with Crippen molar-refractivity contribution >= 4 is 11.6 Å². The number of amides is 1. The zero-order valence-electron chi connectivity index (χ0n) is 13.4. The van der Waals surface area contributed by atoms with E-state index in [1.807, 2.05) is 12.1 Å². The molecule has 0 radical (unpaired) electrons. The summed E-state index contributed by atoms with van der Waals surface area (Å²) in [4.78, 5) is 14.4. The number of hydrogen-bond donors (Lipinski definition) is 4. The van der Waals surface area contributed by atoms with Crippen LogP contribution in [-0.4, -0.2) is 35.0 Å². The summed E-state index contributed by atoms with van der Waals surface area (Å²) in [5.41, 5.74) is 14.4. The Kier molecular flexibility index (Phi) is 4.69. The Morgan fingerprint density at radius 2 is 1.92 bits per heavy atom. The molecule has 2 aromatic carbocycles. The number of nitrogens with two attached hydrogens (primary N) is 2. The molecule has 1 amide bonds. The highest BCUT2D eigenvalue weighted by Crippen LogP contribution is 2.20. The van der Waals surface area contributed by atoms with Gasteiger partial charge in [0.2, 0.25) is 0 Å². The van der Waals surface area contributed by atoms with Crippen molar-refractivity contribution < 1.29 is 9.90 Å². The van der Waals surface area contributed by atoms with Crippen LogP contribution in [0, 0.1) is 0 Å². The fourth-order valence-electron chi connectivity index (χ4n) is 2.85. The quantitative estimate of drug-likeness (QED) is 0.615. The highest BCUT2D eigenvalue weighted by molar-refractivity contribution is 5.94. The number of likely N-dealkylation sites (tertiary alicyclic amines) is 1. The number of nitrogens with one attached hydrogen (secondary N) is 1. The average molecular weight is 326 g/mol. The van der Waals surface area contributed by atoms with Crippen molar-refractivity contribution in [1.82, 2.24) is 10.2 Å². The van der Waals surface area contributed by atoms with Gasteiger partial charge < -0.3 is 21.9 Å². The third-order valence-corrected chi connectivity index (χ3v) is 4.24. The summed E-state index contributed by atoms with van der Waals surface area (Å²) in [6.45, 7) is 2.71. The molecule has 126 valence electrons. The molecule has 0 atom stereocenters. The van der Waals surface area contributed by atoms with Gasteiger partial charge in [0.1, 0.15) is 5.75 Å². The first-order chi connectivity index (χ1) is 11.5. The molecule has 6 N–H and O–H groups in total. The molecule has 3 rings (SSSR count). The van der Waals surface area contributed by atoms with Gasteiger partial charge in [-0.05, 0) is 42.0 Å². The summed E-state index contributed by atoms with van der Waals surface area (Å²) < 4.78 is 0. The summed E-state index contributed by atoms with van der Waals surface area (Å²) in [6, 6.07) is 12.6. The van der Waals surface area contributed by atoms with E-state index in [1.165, 1.54) is 0 Å². The van der Waals surface area contributed by atoms with Crippen molar-refractivity contribution in [1.29, 1.82) is 0 Å². The van der Waals surface area contributed by atoms with Crippen LogP contribution in [0.2, 0.25) is 0 Å². The number of rotatable bonds is 5. The van der Waals surface area contributed by atoms with Gasteiger partial charge in [-0.1, -0.05) is 6.07 Å². The second kappa shape index (κ2) is 6.90. The second-order valence-corrected chi connectivity index (χ2v) is 6.15. The smallest absolute Gasteiger partial charge is 0.251 e. The number of phenolic OH excluding ortho intramolecular Hbond substituents is 1. The van der Waals surface area contributed by atoms with Gasteiger partial charge in [0.05, 0.1) is 6.04 Å². The molecule has 1 aliphatic heterocycles. The first kappa shape index (κ1) is 16.3. The Hall–Kier alpha value is -2.57. The van der Waals surface area contributed by atoms with E-state index in [9.17, 15) is 9.90 Å². The van der Waals surface area contributed by atoms with Gasteiger partial charge in [0.25, 0.3) is 5.91 Å². The zero-order chi connectivity index (χ0) is 17.1. The van der Waals surface area contributed by atoms with Crippen molar-refractivity contribution in [2.45, 2.75) is 19.1 Å². The van der Waals surface area contributed by atoms with Gasteiger partial charge in [-0.15, -0.1) is 0 Å². The molecule has 2 aromatic rings. The zero-order valence-corrected chi connectivity index (χ0v) is 13.4. The molecule has 0 spiro atoms. The maximum atomic E-state index is 12.1. The predicted octanol–water partition coefficient (Wildman–Crippen LogP) is 1.05. The Labute approximate surface area is 141 Å². The monoisotopic (exact) mass is 326 g/mol. The Morgan fingerprint density at radius 3 is 2.58 bits per heavy atom. The first-order valence-electron chi connectivity index (χ1n) is 7.95. The fraction of sp³-hybridized carbons (Fsp3) is 0.278. The number of aromatic hydroxyl groups is 1. The van der Waals surface area contributed by atoms with Crippen LogP contribution >= 0.6 is 0 Å². The van der Waals surface area contributed by atoms with E-state index in [0.29, 0.717) is 17.8 Å². The maximum Gasteiger partial charge on any atom is 0.251 e. The van der Waals surface area contributed by atoms with Crippen molar-refractivity contribution in [3.63, 3.8) is 0 Å². The number of benzene rings is 2. The number of anilines is 1. The molecule has 0 saturated carbocycles. The summed E-state index contributed by atoms with van der Waals surface area (Å²) in [5.74, 6) is 0.160. The SMILES string of the molecule is NCc1cc(CN2CC(NC(=O)c3ccc(N)cc3)C2)ccc1O. The van der Waals surface area contributed by atoms with Crippen molar-refractivity contribution in [2.24, 2.45) is 5.73 Å². The van der Waals surface area contributed by atoms with Crippen molar-refractivity contribution in [2.75, 3.05) is 18.8 Å². The van der Waals surface area contributed by atoms with Gasteiger partial charge in [-0.3, -0.25) is 9.69 Å². The van der Waals surface area contributed by atoms with Crippen LogP contribution in [0.4, 0.5) is 5.69 Å². The summed E-state index contributed by atoms with van der Waals surface area (Å²) >= 11 is 0. The van der Waals surface area contributed by atoms with Crippen LogP contribution < -0.4 is 16.8 Å². The molecule has 24 heavy (non-hydrogen) atoms. The van der Waals surface area contributed by atoms with Gasteiger partial charge in [0, 0.05) is 43.0 Å². The number of nitrogens with zero attached hydrogens (tertiary/aromatic N) is 1. The van der Waals surface area contributed by atoms with E-state index in [4.69, 9.17) is 11.5 Å². The minimum atomic E-state index is -0.0744. The number of carbonyl (C=O) groups excluding carboxylic acids is 1. The molecule has 6 nitrogen and oxygen atoms in total. The third-order valence-electron chi connectivity index (χ3n) is 4.24. The van der Waals surface area contributed by atoms with E-state index < -0.39 is 0 Å². The highest BCUT2D eigenvalue weighted by atomic mass is 16.3. The summed E-state index contributed by atoms with van der Waals surface area (Å²) in [7, 11) is 0. The van der Waals surface area contributed by atoms with Crippen molar-refractivity contribution in [3.8, 4) is 5.75 Å². The fourth-order valence-corrected chi connectivity index (χ4v) is 2.85. The van der Waals surface area contributed by atoms with Gasteiger partial charge in [0.15, 0.2) is 0 Å². The molecule has 0 unspecified atom stereocenters. The largest absolute Gasteiger partial charge is 0.508 e. The highest BCUT2D eigenvalue weighted by Gasteiger charge is 2.28. The molecule has 0 aliphatic carbocycles. The van der Waals surface area contributed by atoms with Crippen LogP contribution in [0.3, 0.4) is 0 Å². The molecular formula is C18H22N4O2.